The molecule has 34 heavy (non-hydrogen) atoms. The van der Waals surface area contributed by atoms with E-state index in [9.17, 15) is 19.7 Å². The summed E-state index contributed by atoms with van der Waals surface area (Å²) in [6.07, 6.45) is 3.05. The fourth-order valence-corrected chi connectivity index (χ4v) is 3.91. The SMILES string of the molecule is CC(C)(C)OC(=O)NC1CCC(N(C(=O)Oc2ccc([N+](=O)[O-])cc2)c2ccc(Br)cn2)CC1. The van der Waals surface area contributed by atoms with Crippen molar-refractivity contribution in [1.82, 2.24) is 10.3 Å². The van der Waals surface area contributed by atoms with Gasteiger partial charge in [0.05, 0.1) is 4.92 Å². The Morgan fingerprint density at radius 2 is 1.76 bits per heavy atom. The van der Waals surface area contributed by atoms with Gasteiger partial charge in [0.15, 0.2) is 0 Å². The molecule has 0 spiro atoms. The first-order valence-corrected chi connectivity index (χ1v) is 11.7. The van der Waals surface area contributed by atoms with Crippen molar-refractivity contribution < 1.29 is 24.0 Å². The average molecular weight is 535 g/mol. The molecule has 1 aromatic carbocycles. The molecule has 1 heterocycles. The molecule has 0 aliphatic heterocycles. The lowest BCUT2D eigenvalue weighted by atomic mass is 9.90. The van der Waals surface area contributed by atoms with Crippen LogP contribution in [0.3, 0.4) is 0 Å². The number of pyridine rings is 1. The second kappa shape index (κ2) is 10.8. The number of nitrogens with zero attached hydrogens (tertiary/aromatic N) is 3. The Labute approximate surface area is 205 Å². The van der Waals surface area contributed by atoms with Gasteiger partial charge in [-0.2, -0.15) is 0 Å². The van der Waals surface area contributed by atoms with Gasteiger partial charge in [-0.05, 0) is 86.6 Å². The lowest BCUT2D eigenvalue weighted by molar-refractivity contribution is -0.384. The van der Waals surface area contributed by atoms with Gasteiger partial charge in [0, 0.05) is 34.9 Å². The number of hydrogen-bond acceptors (Lipinski definition) is 7. The summed E-state index contributed by atoms with van der Waals surface area (Å²) in [4.78, 5) is 41.5. The van der Waals surface area contributed by atoms with Crippen LogP contribution in [0.15, 0.2) is 47.1 Å². The molecule has 3 rings (SSSR count). The summed E-state index contributed by atoms with van der Waals surface area (Å²) in [5.41, 5.74) is -0.672. The molecule has 2 aromatic rings. The number of nitrogens with one attached hydrogen (secondary N) is 1. The summed E-state index contributed by atoms with van der Waals surface area (Å²) in [7, 11) is 0. The van der Waals surface area contributed by atoms with E-state index in [0.29, 0.717) is 31.5 Å². The van der Waals surface area contributed by atoms with Gasteiger partial charge in [-0.3, -0.25) is 15.0 Å². The highest BCUT2D eigenvalue weighted by Crippen LogP contribution is 2.29. The Kier molecular flexibility index (Phi) is 8.08. The number of ether oxygens (including phenoxy) is 2. The highest BCUT2D eigenvalue weighted by molar-refractivity contribution is 9.10. The van der Waals surface area contributed by atoms with Crippen molar-refractivity contribution in [2.24, 2.45) is 0 Å². The van der Waals surface area contributed by atoms with Gasteiger partial charge in [0.1, 0.15) is 17.2 Å². The maximum Gasteiger partial charge on any atom is 0.421 e. The molecule has 10 nitrogen and oxygen atoms in total. The zero-order valence-corrected chi connectivity index (χ0v) is 20.8. The van der Waals surface area contributed by atoms with Gasteiger partial charge >= 0.3 is 12.2 Å². The van der Waals surface area contributed by atoms with Crippen LogP contribution in [0.1, 0.15) is 46.5 Å². The van der Waals surface area contributed by atoms with Crippen molar-refractivity contribution in [3.63, 3.8) is 0 Å². The number of aromatic nitrogens is 1. The van der Waals surface area contributed by atoms with Crippen LogP contribution in [0.2, 0.25) is 0 Å². The maximum absolute atomic E-state index is 13.2. The number of rotatable bonds is 5. The number of hydrogen-bond donors (Lipinski definition) is 1. The molecule has 1 saturated carbocycles. The smallest absolute Gasteiger partial charge is 0.421 e. The van der Waals surface area contributed by atoms with Crippen LogP contribution >= 0.6 is 15.9 Å². The zero-order chi connectivity index (χ0) is 24.9. The van der Waals surface area contributed by atoms with Crippen LogP contribution in [-0.2, 0) is 4.74 Å². The van der Waals surface area contributed by atoms with Crippen molar-refractivity contribution in [3.8, 4) is 5.75 Å². The van der Waals surface area contributed by atoms with E-state index in [1.807, 2.05) is 20.8 Å². The molecule has 1 aliphatic rings. The first-order valence-electron chi connectivity index (χ1n) is 10.9. The lowest BCUT2D eigenvalue weighted by Crippen LogP contribution is -2.48. The molecule has 0 radical (unpaired) electrons. The van der Waals surface area contributed by atoms with Gasteiger partial charge in [0.25, 0.3) is 5.69 Å². The number of nitro groups is 1. The number of halogens is 1. The third-order valence-corrected chi connectivity index (χ3v) is 5.66. The van der Waals surface area contributed by atoms with Crippen LogP contribution < -0.4 is 15.0 Å². The van der Waals surface area contributed by atoms with Crippen molar-refractivity contribution in [2.75, 3.05) is 4.90 Å². The second-order valence-corrected chi connectivity index (χ2v) is 9.89. The number of nitro benzene ring substituents is 1. The molecular formula is C23H27BrN4O6. The normalized spacial score (nSPS) is 18.0. The fourth-order valence-electron chi connectivity index (χ4n) is 3.68. The Balaban J connectivity index is 1.70. The second-order valence-electron chi connectivity index (χ2n) is 8.98. The van der Waals surface area contributed by atoms with Gasteiger partial charge in [-0.25, -0.2) is 14.6 Å². The Hall–Kier alpha value is -3.21. The molecule has 0 unspecified atom stereocenters. The first-order chi connectivity index (χ1) is 16.0. The van der Waals surface area contributed by atoms with Crippen molar-refractivity contribution in [1.29, 1.82) is 0 Å². The average Bonchev–Trinajstić information content (AvgIpc) is 2.75. The molecule has 0 saturated heterocycles. The predicted octanol–water partition coefficient (Wildman–Crippen LogP) is 5.59. The van der Waals surface area contributed by atoms with Crippen LogP contribution in [0, 0.1) is 10.1 Å². The van der Waals surface area contributed by atoms with E-state index in [4.69, 9.17) is 9.47 Å². The summed E-state index contributed by atoms with van der Waals surface area (Å²) in [5, 5.41) is 13.8. The molecule has 0 bridgehead atoms. The minimum atomic E-state index is -0.632. The molecule has 1 aromatic heterocycles. The number of alkyl carbamates (subject to hydrolysis) is 1. The van der Waals surface area contributed by atoms with E-state index < -0.39 is 22.7 Å². The summed E-state index contributed by atoms with van der Waals surface area (Å²) in [6.45, 7) is 5.43. The van der Waals surface area contributed by atoms with E-state index >= 15 is 0 Å². The van der Waals surface area contributed by atoms with Crippen molar-refractivity contribution in [3.05, 3.63) is 57.2 Å². The third-order valence-electron chi connectivity index (χ3n) is 5.19. The van der Waals surface area contributed by atoms with Gasteiger partial charge in [-0.1, -0.05) is 0 Å². The molecule has 1 fully saturated rings. The number of carbonyl (C=O) groups is 2. The summed E-state index contributed by atoms with van der Waals surface area (Å²) in [6, 6.07) is 8.55. The molecule has 0 atom stereocenters. The Morgan fingerprint density at radius 1 is 1.12 bits per heavy atom. The largest absolute Gasteiger partial charge is 0.444 e. The quantitative estimate of drug-likeness (QED) is 0.391. The van der Waals surface area contributed by atoms with Gasteiger partial charge < -0.3 is 14.8 Å². The van der Waals surface area contributed by atoms with E-state index in [-0.39, 0.29) is 23.5 Å². The van der Waals surface area contributed by atoms with Crippen LogP contribution in [0.4, 0.5) is 21.1 Å². The van der Waals surface area contributed by atoms with E-state index in [0.717, 1.165) is 4.47 Å². The first kappa shape index (κ1) is 25.4. The van der Waals surface area contributed by atoms with E-state index in [2.05, 4.69) is 26.2 Å². The Morgan fingerprint density at radius 3 is 2.29 bits per heavy atom. The monoisotopic (exact) mass is 534 g/mol. The summed E-state index contributed by atoms with van der Waals surface area (Å²) >= 11 is 3.35. The van der Waals surface area contributed by atoms with E-state index in [1.165, 1.54) is 29.2 Å². The molecule has 11 heteroatoms. The maximum atomic E-state index is 13.2. The topological polar surface area (TPSA) is 124 Å². The number of carbonyl (C=O) groups excluding carboxylic acids is 2. The van der Waals surface area contributed by atoms with Crippen LogP contribution in [0.5, 0.6) is 5.75 Å². The molecule has 2 amide bonds. The number of benzene rings is 1. The number of non-ortho nitro benzene ring substituents is 1. The van der Waals surface area contributed by atoms with Crippen molar-refractivity contribution in [2.45, 2.75) is 64.1 Å². The van der Waals surface area contributed by atoms with Crippen molar-refractivity contribution >= 4 is 39.6 Å². The minimum absolute atomic E-state index is 0.0588. The highest BCUT2D eigenvalue weighted by Gasteiger charge is 2.33. The highest BCUT2D eigenvalue weighted by atomic mass is 79.9. The van der Waals surface area contributed by atoms with E-state index in [1.54, 1.807) is 18.3 Å². The molecule has 1 aliphatic carbocycles. The molecule has 182 valence electrons. The zero-order valence-electron chi connectivity index (χ0n) is 19.2. The fraction of sp³-hybridized carbons (Fsp3) is 0.435. The lowest BCUT2D eigenvalue weighted by Gasteiger charge is -2.36. The third kappa shape index (κ3) is 7.14. The van der Waals surface area contributed by atoms with Gasteiger partial charge in [0.2, 0.25) is 0 Å². The summed E-state index contributed by atoms with van der Waals surface area (Å²) < 4.78 is 11.6. The molecule has 1 N–H and O–H groups in total. The standard InChI is InChI=1S/C23H27BrN4O6/c1-23(2,3)34-21(29)26-16-5-7-17(8-6-16)27(20-13-4-15(24)14-25-20)22(30)33-19-11-9-18(10-12-19)28(31)32/h4,9-14,16-17H,5-8H2,1-3H3,(H,26,29). The Bertz CT molecular complexity index is 1020. The summed E-state index contributed by atoms with van der Waals surface area (Å²) in [5.74, 6) is 0.622. The minimum Gasteiger partial charge on any atom is -0.444 e. The van der Waals surface area contributed by atoms with Gasteiger partial charge in [-0.15, -0.1) is 0 Å². The molecular weight excluding hydrogens is 508 g/mol. The van der Waals surface area contributed by atoms with Crippen LogP contribution in [-0.4, -0.2) is 39.8 Å². The van der Waals surface area contributed by atoms with Crippen LogP contribution in [0.25, 0.3) is 0 Å². The number of amides is 2. The predicted molar refractivity (Wildman–Crippen MR) is 129 cm³/mol. The number of anilines is 1.